The van der Waals surface area contributed by atoms with E-state index in [0.29, 0.717) is 10.0 Å². The van der Waals surface area contributed by atoms with E-state index in [1.807, 2.05) is 44.3 Å². The molecule has 0 saturated heterocycles. The second-order valence-electron chi connectivity index (χ2n) is 4.10. The Hall–Kier alpha value is -1.09. The molecular formula is C14H14Cl2N2. The van der Waals surface area contributed by atoms with Crippen LogP contribution in [0.25, 0.3) is 0 Å². The maximum atomic E-state index is 6.05. The van der Waals surface area contributed by atoms with Gasteiger partial charge in [-0.05, 0) is 43.8 Å². The van der Waals surface area contributed by atoms with Crippen molar-refractivity contribution in [2.45, 2.75) is 13.0 Å². The fourth-order valence-corrected chi connectivity index (χ4v) is 2.21. The summed E-state index contributed by atoms with van der Waals surface area (Å²) in [6.07, 6.45) is 0. The molecule has 4 heteroatoms. The molecule has 0 spiro atoms. The molecule has 2 rings (SSSR count). The van der Waals surface area contributed by atoms with E-state index in [0.717, 1.165) is 17.0 Å². The Kier molecular flexibility index (Phi) is 4.23. The first-order valence-electron chi connectivity index (χ1n) is 5.67. The maximum absolute atomic E-state index is 6.05. The van der Waals surface area contributed by atoms with Crippen LogP contribution in [0, 0.1) is 6.92 Å². The molecular weight excluding hydrogens is 267 g/mol. The van der Waals surface area contributed by atoms with Crippen LogP contribution in [0.1, 0.15) is 23.0 Å². The molecule has 0 radical (unpaired) electrons. The van der Waals surface area contributed by atoms with Gasteiger partial charge in [-0.3, -0.25) is 4.98 Å². The van der Waals surface area contributed by atoms with Gasteiger partial charge in [-0.2, -0.15) is 0 Å². The van der Waals surface area contributed by atoms with E-state index in [1.165, 1.54) is 0 Å². The van der Waals surface area contributed by atoms with Gasteiger partial charge in [0.25, 0.3) is 0 Å². The van der Waals surface area contributed by atoms with Crippen molar-refractivity contribution in [3.8, 4) is 0 Å². The van der Waals surface area contributed by atoms with Crippen molar-refractivity contribution in [2.75, 3.05) is 7.05 Å². The van der Waals surface area contributed by atoms with Crippen LogP contribution in [0.2, 0.25) is 10.0 Å². The van der Waals surface area contributed by atoms with E-state index in [4.69, 9.17) is 23.2 Å². The Morgan fingerprint density at radius 2 is 1.89 bits per heavy atom. The molecule has 0 aliphatic carbocycles. The van der Waals surface area contributed by atoms with Gasteiger partial charge in [0.2, 0.25) is 0 Å². The molecule has 0 fully saturated rings. The number of rotatable bonds is 3. The minimum absolute atomic E-state index is 0.0136. The molecule has 0 aliphatic heterocycles. The molecule has 0 bridgehead atoms. The van der Waals surface area contributed by atoms with Crippen LogP contribution in [0.3, 0.4) is 0 Å². The molecule has 1 heterocycles. The Balaban J connectivity index is 2.42. The number of aromatic nitrogens is 1. The van der Waals surface area contributed by atoms with Crippen molar-refractivity contribution >= 4 is 23.2 Å². The quantitative estimate of drug-likeness (QED) is 0.919. The molecule has 2 nitrogen and oxygen atoms in total. The predicted molar refractivity (Wildman–Crippen MR) is 76.3 cm³/mol. The highest BCUT2D eigenvalue weighted by Crippen LogP contribution is 2.28. The van der Waals surface area contributed by atoms with Gasteiger partial charge in [-0.15, -0.1) is 0 Å². The third-order valence-electron chi connectivity index (χ3n) is 2.77. The molecule has 1 aromatic carbocycles. The first-order valence-corrected chi connectivity index (χ1v) is 6.43. The molecule has 94 valence electrons. The first-order chi connectivity index (χ1) is 8.61. The van der Waals surface area contributed by atoms with Gasteiger partial charge in [0.15, 0.2) is 0 Å². The minimum atomic E-state index is 0.0136. The lowest BCUT2D eigenvalue weighted by Gasteiger charge is -2.17. The number of pyridine rings is 1. The van der Waals surface area contributed by atoms with Crippen LogP contribution in [0.15, 0.2) is 36.4 Å². The summed E-state index contributed by atoms with van der Waals surface area (Å²) < 4.78 is 0. The molecule has 1 N–H and O–H groups in total. The average Bonchev–Trinajstić information content (AvgIpc) is 2.35. The Morgan fingerprint density at radius 3 is 2.50 bits per heavy atom. The van der Waals surface area contributed by atoms with Crippen LogP contribution in [-0.4, -0.2) is 12.0 Å². The summed E-state index contributed by atoms with van der Waals surface area (Å²) in [5.74, 6) is 0. The zero-order chi connectivity index (χ0) is 13.1. The lowest BCUT2D eigenvalue weighted by molar-refractivity contribution is 0.669. The van der Waals surface area contributed by atoms with Crippen molar-refractivity contribution in [1.82, 2.24) is 10.3 Å². The van der Waals surface area contributed by atoms with Crippen LogP contribution in [-0.2, 0) is 0 Å². The number of hydrogen-bond donors (Lipinski definition) is 1. The van der Waals surface area contributed by atoms with Crippen molar-refractivity contribution in [3.05, 3.63) is 63.4 Å². The van der Waals surface area contributed by atoms with Gasteiger partial charge in [0.05, 0.1) is 21.8 Å². The molecule has 1 atom stereocenters. The zero-order valence-electron chi connectivity index (χ0n) is 10.2. The third kappa shape index (κ3) is 2.83. The summed E-state index contributed by atoms with van der Waals surface area (Å²) in [6.45, 7) is 1.98. The molecule has 1 unspecified atom stereocenters. The molecule has 0 amide bonds. The van der Waals surface area contributed by atoms with Gasteiger partial charge >= 0.3 is 0 Å². The topological polar surface area (TPSA) is 24.9 Å². The van der Waals surface area contributed by atoms with Gasteiger partial charge in [0, 0.05) is 5.69 Å². The molecule has 1 aromatic heterocycles. The Bertz CT molecular complexity index is 555. The number of halogens is 2. The van der Waals surface area contributed by atoms with Gasteiger partial charge in [-0.1, -0.05) is 35.3 Å². The summed E-state index contributed by atoms with van der Waals surface area (Å²) in [5, 5.41) is 4.36. The van der Waals surface area contributed by atoms with Crippen molar-refractivity contribution in [1.29, 1.82) is 0 Å². The summed E-state index contributed by atoms with van der Waals surface area (Å²) in [5.41, 5.74) is 3.01. The number of aryl methyl sites for hydroxylation is 1. The van der Waals surface area contributed by atoms with Crippen LogP contribution in [0.4, 0.5) is 0 Å². The third-order valence-corrected chi connectivity index (χ3v) is 3.51. The molecule has 0 saturated carbocycles. The maximum Gasteiger partial charge on any atom is 0.0749 e. The van der Waals surface area contributed by atoms with Crippen molar-refractivity contribution in [2.24, 2.45) is 0 Å². The standard InChI is InChI=1S/C14H14Cl2N2/c1-9-4-3-5-13(18-9)14(17-2)10-6-7-11(15)12(16)8-10/h3-8,14,17H,1-2H3. The fraction of sp³-hybridized carbons (Fsp3) is 0.214. The highest BCUT2D eigenvalue weighted by Gasteiger charge is 2.14. The molecule has 0 aliphatic rings. The number of nitrogens with one attached hydrogen (secondary N) is 1. The smallest absolute Gasteiger partial charge is 0.0749 e. The lowest BCUT2D eigenvalue weighted by Crippen LogP contribution is -2.19. The lowest BCUT2D eigenvalue weighted by atomic mass is 10.0. The van der Waals surface area contributed by atoms with Crippen LogP contribution >= 0.6 is 23.2 Å². The van der Waals surface area contributed by atoms with Crippen molar-refractivity contribution in [3.63, 3.8) is 0 Å². The first kappa shape index (κ1) is 13.3. The number of nitrogens with zero attached hydrogens (tertiary/aromatic N) is 1. The summed E-state index contributed by atoms with van der Waals surface area (Å²) in [4.78, 5) is 4.53. The minimum Gasteiger partial charge on any atom is -0.308 e. The van der Waals surface area contributed by atoms with E-state index in [-0.39, 0.29) is 6.04 Å². The normalized spacial score (nSPS) is 12.4. The van der Waals surface area contributed by atoms with Gasteiger partial charge in [-0.25, -0.2) is 0 Å². The van der Waals surface area contributed by atoms with E-state index in [9.17, 15) is 0 Å². The second kappa shape index (κ2) is 5.70. The highest BCUT2D eigenvalue weighted by atomic mass is 35.5. The SMILES string of the molecule is CNC(c1ccc(Cl)c(Cl)c1)c1cccc(C)n1. The number of hydrogen-bond acceptors (Lipinski definition) is 2. The fourth-order valence-electron chi connectivity index (χ4n) is 1.90. The Morgan fingerprint density at radius 1 is 1.11 bits per heavy atom. The van der Waals surface area contributed by atoms with Gasteiger partial charge in [0.1, 0.15) is 0 Å². The predicted octanol–water partition coefficient (Wildman–Crippen LogP) is 4.01. The van der Waals surface area contributed by atoms with Crippen molar-refractivity contribution < 1.29 is 0 Å². The largest absolute Gasteiger partial charge is 0.308 e. The molecule has 18 heavy (non-hydrogen) atoms. The monoisotopic (exact) mass is 280 g/mol. The average molecular weight is 281 g/mol. The van der Waals surface area contributed by atoms with E-state index < -0.39 is 0 Å². The highest BCUT2D eigenvalue weighted by molar-refractivity contribution is 6.42. The summed E-state index contributed by atoms with van der Waals surface area (Å²) >= 11 is 12.0. The summed E-state index contributed by atoms with van der Waals surface area (Å²) in [7, 11) is 1.90. The second-order valence-corrected chi connectivity index (χ2v) is 4.91. The van der Waals surface area contributed by atoms with E-state index >= 15 is 0 Å². The number of benzene rings is 1. The van der Waals surface area contributed by atoms with Crippen LogP contribution in [0.5, 0.6) is 0 Å². The zero-order valence-corrected chi connectivity index (χ0v) is 11.8. The van der Waals surface area contributed by atoms with E-state index in [1.54, 1.807) is 6.07 Å². The molecule has 2 aromatic rings. The summed E-state index contributed by atoms with van der Waals surface area (Å²) in [6, 6.07) is 11.6. The van der Waals surface area contributed by atoms with E-state index in [2.05, 4.69) is 10.3 Å². The van der Waals surface area contributed by atoms with Crippen LogP contribution < -0.4 is 5.32 Å². The Labute approximate surface area is 117 Å². The van der Waals surface area contributed by atoms with Gasteiger partial charge < -0.3 is 5.32 Å².